The molecule has 0 spiro atoms. The number of hydrogen-bond acceptors (Lipinski definition) is 8. The van der Waals surface area contributed by atoms with Gasteiger partial charge in [0, 0.05) is 85.8 Å². The summed E-state index contributed by atoms with van der Waals surface area (Å²) < 4.78 is 13.1. The molecule has 48 heavy (non-hydrogen) atoms. The fourth-order valence-corrected chi connectivity index (χ4v) is 6.91. The Morgan fingerprint density at radius 1 is 0.875 bits per heavy atom. The summed E-state index contributed by atoms with van der Waals surface area (Å²) in [5.74, 6) is 0.534. The number of halogens is 2. The highest BCUT2D eigenvalue weighted by Crippen LogP contribution is 2.42. The number of methoxy groups -OCH3 is 2. The van der Waals surface area contributed by atoms with E-state index < -0.39 is 6.23 Å². The zero-order valence-electron chi connectivity index (χ0n) is 27.7. The fourth-order valence-electron chi connectivity index (χ4n) is 6.26. The molecule has 3 aromatic heterocycles. The second-order valence-electron chi connectivity index (χ2n) is 12.3. The van der Waals surface area contributed by atoms with Gasteiger partial charge in [-0.3, -0.25) is 5.32 Å². The highest BCUT2D eigenvalue weighted by Gasteiger charge is 2.22. The number of aryl methyl sites for hydroxylation is 1. The number of hydrogen-bond donors (Lipinski definition) is 4. The maximum atomic E-state index is 9.72. The Balaban J connectivity index is 1.25. The van der Waals surface area contributed by atoms with Crippen molar-refractivity contribution in [2.75, 3.05) is 27.3 Å². The van der Waals surface area contributed by atoms with Gasteiger partial charge in [-0.05, 0) is 43.5 Å². The van der Waals surface area contributed by atoms with Crippen LogP contribution in [-0.4, -0.2) is 65.3 Å². The van der Waals surface area contributed by atoms with Crippen molar-refractivity contribution in [2.24, 2.45) is 7.05 Å². The summed E-state index contributed by atoms with van der Waals surface area (Å²) >= 11 is 14.3. The third-order valence-corrected chi connectivity index (χ3v) is 9.76. The predicted molar refractivity (Wildman–Crippen MR) is 193 cm³/mol. The number of ether oxygens (including phenoxy) is 2. The monoisotopic (exact) mass is 688 g/mol. The van der Waals surface area contributed by atoms with E-state index in [1.165, 1.54) is 5.56 Å². The summed E-state index contributed by atoms with van der Waals surface area (Å²) in [6, 6.07) is 20.2. The van der Waals surface area contributed by atoms with E-state index in [9.17, 15) is 5.11 Å². The average Bonchev–Trinajstić information content (AvgIpc) is 3.66. The second-order valence-corrected chi connectivity index (χ2v) is 13.1. The molecule has 4 N–H and O–H groups in total. The second kappa shape index (κ2) is 15.3. The number of nitrogens with zero attached hydrogens (tertiary/aromatic N) is 3. The van der Waals surface area contributed by atoms with Gasteiger partial charge in [-0.15, -0.1) is 0 Å². The molecule has 0 bridgehead atoms. The lowest BCUT2D eigenvalue weighted by molar-refractivity contribution is 0.117. The highest BCUT2D eigenvalue weighted by atomic mass is 35.5. The van der Waals surface area contributed by atoms with Crippen LogP contribution in [0.25, 0.3) is 44.7 Å². The molecular formula is C37H42Cl2N6O3. The molecule has 5 aromatic rings. The van der Waals surface area contributed by atoms with Crippen LogP contribution >= 0.6 is 23.2 Å². The normalized spacial score (nSPS) is 16.9. The van der Waals surface area contributed by atoms with Crippen molar-refractivity contribution in [3.8, 4) is 39.5 Å². The molecule has 1 unspecified atom stereocenters. The summed E-state index contributed by atoms with van der Waals surface area (Å²) in [6.45, 7) is 4.87. The number of aliphatic hydroxyl groups excluding tert-OH is 1. The molecule has 0 saturated carbocycles. The number of pyridine rings is 2. The molecule has 1 saturated heterocycles. The predicted octanol–water partition coefficient (Wildman–Crippen LogP) is 6.57. The number of fused-ring (bicyclic) bond motifs is 1. The van der Waals surface area contributed by atoms with Crippen LogP contribution in [0.2, 0.25) is 10.0 Å². The van der Waals surface area contributed by atoms with Crippen LogP contribution in [0.3, 0.4) is 0 Å². The van der Waals surface area contributed by atoms with E-state index >= 15 is 0 Å². The molecule has 11 heteroatoms. The van der Waals surface area contributed by atoms with Crippen LogP contribution in [0.15, 0.2) is 66.9 Å². The zero-order valence-corrected chi connectivity index (χ0v) is 29.2. The van der Waals surface area contributed by atoms with Gasteiger partial charge in [-0.25, -0.2) is 9.97 Å². The van der Waals surface area contributed by atoms with Crippen molar-refractivity contribution >= 4 is 34.2 Å². The van der Waals surface area contributed by atoms with E-state index in [1.54, 1.807) is 14.2 Å². The quantitative estimate of drug-likeness (QED) is 0.110. The minimum Gasteiger partial charge on any atom is -0.481 e. The smallest absolute Gasteiger partial charge is 0.218 e. The third kappa shape index (κ3) is 7.38. The summed E-state index contributed by atoms with van der Waals surface area (Å²) in [4.78, 5) is 9.85. The Morgan fingerprint density at radius 3 is 2.17 bits per heavy atom. The topological polar surface area (TPSA) is 105 Å². The van der Waals surface area contributed by atoms with Gasteiger partial charge >= 0.3 is 0 Å². The van der Waals surface area contributed by atoms with Crippen LogP contribution in [0.4, 0.5) is 0 Å². The zero-order chi connectivity index (χ0) is 33.8. The van der Waals surface area contributed by atoms with Crippen LogP contribution in [0, 0.1) is 0 Å². The largest absolute Gasteiger partial charge is 0.481 e. The molecule has 1 aliphatic rings. The van der Waals surface area contributed by atoms with Crippen molar-refractivity contribution in [3.63, 3.8) is 0 Å². The Hall–Kier alpha value is -3.54. The third-order valence-electron chi connectivity index (χ3n) is 8.95. The first-order valence-electron chi connectivity index (χ1n) is 16.2. The van der Waals surface area contributed by atoms with E-state index in [2.05, 4.69) is 32.8 Å². The minimum absolute atomic E-state index is 0.141. The van der Waals surface area contributed by atoms with Crippen LogP contribution in [-0.2, 0) is 24.9 Å². The molecule has 4 heterocycles. The minimum atomic E-state index is -0.419. The van der Waals surface area contributed by atoms with Gasteiger partial charge in [0.15, 0.2) is 0 Å². The Kier molecular flexibility index (Phi) is 11.0. The van der Waals surface area contributed by atoms with Gasteiger partial charge in [-0.1, -0.05) is 65.7 Å². The lowest BCUT2D eigenvalue weighted by atomic mass is 9.98. The number of rotatable bonds is 13. The molecule has 1 fully saturated rings. The van der Waals surface area contributed by atoms with Crippen molar-refractivity contribution < 1.29 is 14.6 Å². The number of benzene rings is 2. The van der Waals surface area contributed by atoms with Crippen molar-refractivity contribution in [1.29, 1.82) is 0 Å². The Labute approximate surface area is 291 Å². The van der Waals surface area contributed by atoms with Gasteiger partial charge in [0.1, 0.15) is 11.9 Å². The first-order chi connectivity index (χ1) is 23.3. The molecule has 0 aliphatic carbocycles. The Bertz CT molecular complexity index is 1900. The van der Waals surface area contributed by atoms with Gasteiger partial charge < -0.3 is 29.8 Å². The fraction of sp³-hybridized carbons (Fsp3) is 0.351. The maximum absolute atomic E-state index is 9.72. The average molecular weight is 690 g/mol. The maximum Gasteiger partial charge on any atom is 0.218 e. The van der Waals surface area contributed by atoms with Crippen LogP contribution < -0.4 is 20.7 Å². The van der Waals surface area contributed by atoms with Crippen molar-refractivity contribution in [2.45, 2.75) is 51.2 Å². The molecule has 1 aliphatic heterocycles. The van der Waals surface area contributed by atoms with Crippen molar-refractivity contribution in [1.82, 2.24) is 30.5 Å². The highest BCUT2D eigenvalue weighted by molar-refractivity contribution is 6.39. The lowest BCUT2D eigenvalue weighted by Gasteiger charge is -2.16. The van der Waals surface area contributed by atoms with Crippen LogP contribution in [0.5, 0.6) is 5.88 Å². The van der Waals surface area contributed by atoms with E-state index in [0.29, 0.717) is 28.2 Å². The van der Waals surface area contributed by atoms with E-state index in [-0.39, 0.29) is 12.1 Å². The molecule has 2 aromatic carbocycles. The van der Waals surface area contributed by atoms with Gasteiger partial charge in [0.05, 0.1) is 34.6 Å². The molecule has 0 amide bonds. The van der Waals surface area contributed by atoms with E-state index in [0.717, 1.165) is 77.0 Å². The van der Waals surface area contributed by atoms with E-state index in [1.807, 2.05) is 68.6 Å². The molecule has 3 atom stereocenters. The van der Waals surface area contributed by atoms with Crippen LogP contribution in [0.1, 0.15) is 30.9 Å². The number of aliphatic hydroxyl groups is 1. The SMILES string of the molecule is COc1nc(-c2cccc(-c3cccc(-c4ccc5c(CNC[C@H](C)OC)cn(C)c5n4)c3Cl)c2Cl)ccc1CNC[C@@H]1CCC(O)N1. The summed E-state index contributed by atoms with van der Waals surface area (Å²) in [6.07, 6.45) is 3.55. The molecular weight excluding hydrogens is 647 g/mol. The van der Waals surface area contributed by atoms with Gasteiger partial charge in [-0.2, -0.15) is 0 Å². The lowest BCUT2D eigenvalue weighted by Crippen LogP contribution is -2.37. The van der Waals surface area contributed by atoms with Gasteiger partial charge in [0.2, 0.25) is 5.88 Å². The summed E-state index contributed by atoms with van der Waals surface area (Å²) in [5.41, 5.74) is 7.71. The van der Waals surface area contributed by atoms with Crippen molar-refractivity contribution in [3.05, 3.63) is 88.0 Å². The molecule has 9 nitrogen and oxygen atoms in total. The molecule has 0 radical (unpaired) electrons. The standard InChI is InChI=1S/C37H42Cl2N6O3/c1-22(47-3)17-40-19-24-21-45(2)36-26(24)13-15-31(43-36)29-9-5-7-27(34(29)38)28-8-6-10-30(35(28)39)32-14-11-23(37(44-32)48-4)18-41-20-25-12-16-33(46)42-25/h5-11,13-15,21-22,25,33,40-42,46H,12,16-20H2,1-4H3/t22-,25-,33?/m0/s1. The van der Waals surface area contributed by atoms with Gasteiger partial charge in [0.25, 0.3) is 0 Å². The molecule has 6 rings (SSSR count). The summed E-state index contributed by atoms with van der Waals surface area (Å²) in [7, 11) is 5.35. The van der Waals surface area contributed by atoms with E-state index in [4.69, 9.17) is 42.6 Å². The summed E-state index contributed by atoms with van der Waals surface area (Å²) in [5, 5.41) is 22.0. The first kappa shape index (κ1) is 34.3. The Morgan fingerprint density at radius 2 is 1.52 bits per heavy atom. The molecule has 252 valence electrons. The first-order valence-corrected chi connectivity index (χ1v) is 17.0. The number of nitrogens with one attached hydrogen (secondary N) is 3. The number of aromatic nitrogens is 3.